The van der Waals surface area contributed by atoms with Crippen molar-refractivity contribution in [3.05, 3.63) is 24.3 Å². The molecule has 0 aliphatic carbocycles. The summed E-state index contributed by atoms with van der Waals surface area (Å²) < 4.78 is 10.2. The van der Waals surface area contributed by atoms with Crippen molar-refractivity contribution >= 4 is 17.5 Å². The van der Waals surface area contributed by atoms with Crippen molar-refractivity contribution in [2.45, 2.75) is 13.8 Å². The maximum absolute atomic E-state index is 12.0. The predicted molar refractivity (Wildman–Crippen MR) is 80.4 cm³/mol. The lowest BCUT2D eigenvalue weighted by Crippen LogP contribution is -2.39. The summed E-state index contributed by atoms with van der Waals surface area (Å²) in [6, 6.07) is 7.06. The number of hydrogen-bond donors (Lipinski definition) is 1. The van der Waals surface area contributed by atoms with Gasteiger partial charge in [-0.25, -0.2) is 0 Å². The largest absolute Gasteiger partial charge is 0.497 e. The summed E-state index contributed by atoms with van der Waals surface area (Å²) in [5.41, 5.74) is 0.632. The molecule has 1 N–H and O–H groups in total. The molecule has 0 aromatic heterocycles. The highest BCUT2D eigenvalue weighted by atomic mass is 16.5. The quantitative estimate of drug-likeness (QED) is 0.789. The van der Waals surface area contributed by atoms with Gasteiger partial charge in [-0.2, -0.15) is 0 Å². The van der Waals surface area contributed by atoms with Crippen molar-refractivity contribution in [3.63, 3.8) is 0 Å². The third kappa shape index (κ3) is 5.83. The molecule has 0 aliphatic heterocycles. The average molecular weight is 294 g/mol. The number of amides is 2. The Labute approximate surface area is 125 Å². The number of carbonyl (C=O) groups is 2. The summed E-state index contributed by atoms with van der Waals surface area (Å²) in [6.07, 6.45) is 0. The van der Waals surface area contributed by atoms with Crippen LogP contribution in [0.1, 0.15) is 13.8 Å². The second-order valence-electron chi connectivity index (χ2n) is 4.33. The fourth-order valence-corrected chi connectivity index (χ4v) is 1.73. The van der Waals surface area contributed by atoms with Crippen LogP contribution in [0.5, 0.6) is 5.75 Å². The number of ether oxygens (including phenoxy) is 2. The molecule has 0 saturated carbocycles. The summed E-state index contributed by atoms with van der Waals surface area (Å²) >= 11 is 0. The first kappa shape index (κ1) is 17.0. The van der Waals surface area contributed by atoms with E-state index in [4.69, 9.17) is 9.47 Å². The highest BCUT2D eigenvalue weighted by molar-refractivity contribution is 5.94. The van der Waals surface area contributed by atoms with E-state index in [-0.39, 0.29) is 25.0 Å². The van der Waals surface area contributed by atoms with Crippen LogP contribution < -0.4 is 10.1 Å². The average Bonchev–Trinajstić information content (AvgIpc) is 2.50. The fraction of sp³-hybridized carbons (Fsp3) is 0.467. The lowest BCUT2D eigenvalue weighted by atomic mass is 10.3. The number of nitrogens with zero attached hydrogens (tertiary/aromatic N) is 1. The van der Waals surface area contributed by atoms with Crippen molar-refractivity contribution in [1.82, 2.24) is 4.90 Å². The second kappa shape index (κ2) is 8.97. The number of benzene rings is 1. The molecule has 0 spiro atoms. The lowest BCUT2D eigenvalue weighted by molar-refractivity contribution is -0.138. The third-order valence-electron chi connectivity index (χ3n) is 2.85. The number of anilines is 1. The van der Waals surface area contributed by atoms with Crippen LogP contribution in [0.2, 0.25) is 0 Å². The highest BCUT2D eigenvalue weighted by Crippen LogP contribution is 2.16. The molecule has 21 heavy (non-hydrogen) atoms. The summed E-state index contributed by atoms with van der Waals surface area (Å²) in [4.78, 5) is 25.2. The third-order valence-corrected chi connectivity index (χ3v) is 2.85. The number of nitrogens with one attached hydrogen (secondary N) is 1. The molecule has 0 bridgehead atoms. The molecule has 116 valence electrons. The number of methoxy groups -OCH3 is 1. The maximum atomic E-state index is 12.0. The topological polar surface area (TPSA) is 67.9 Å². The van der Waals surface area contributed by atoms with Gasteiger partial charge in [0.25, 0.3) is 0 Å². The van der Waals surface area contributed by atoms with E-state index < -0.39 is 0 Å². The van der Waals surface area contributed by atoms with Gasteiger partial charge in [0.2, 0.25) is 11.8 Å². The minimum atomic E-state index is -0.255. The molecule has 0 atom stereocenters. The number of likely N-dealkylation sites (N-methyl/N-ethyl adjacent to an activating group) is 1. The van der Waals surface area contributed by atoms with Crippen LogP contribution in [0.25, 0.3) is 0 Å². The minimum absolute atomic E-state index is 0.000380. The van der Waals surface area contributed by atoms with Crippen LogP contribution in [-0.2, 0) is 14.3 Å². The van der Waals surface area contributed by atoms with E-state index in [1.807, 2.05) is 13.8 Å². The van der Waals surface area contributed by atoms with Crippen molar-refractivity contribution in [2.75, 3.05) is 38.7 Å². The molecule has 2 amide bonds. The summed E-state index contributed by atoms with van der Waals surface area (Å²) in [5, 5.41) is 2.74. The molecule has 1 aromatic rings. The number of hydrogen-bond acceptors (Lipinski definition) is 4. The number of carbonyl (C=O) groups excluding carboxylic acids is 2. The van der Waals surface area contributed by atoms with E-state index in [9.17, 15) is 9.59 Å². The van der Waals surface area contributed by atoms with Gasteiger partial charge in [-0.1, -0.05) is 6.07 Å². The van der Waals surface area contributed by atoms with Crippen molar-refractivity contribution < 1.29 is 19.1 Å². The van der Waals surface area contributed by atoms with E-state index in [0.29, 0.717) is 24.6 Å². The molecule has 0 fully saturated rings. The first-order chi connectivity index (χ1) is 10.1. The molecule has 0 aliphatic rings. The van der Waals surface area contributed by atoms with Gasteiger partial charge in [0.15, 0.2) is 0 Å². The van der Waals surface area contributed by atoms with Crippen molar-refractivity contribution in [2.24, 2.45) is 0 Å². The van der Waals surface area contributed by atoms with Crippen LogP contribution in [0.3, 0.4) is 0 Å². The molecule has 0 unspecified atom stereocenters. The molecule has 0 heterocycles. The smallest absolute Gasteiger partial charge is 0.249 e. The summed E-state index contributed by atoms with van der Waals surface area (Å²) in [5.74, 6) is 0.211. The standard InChI is InChI=1S/C15H22N2O4/c1-4-17(15(19)11-21-5-2)10-14(18)16-12-7-6-8-13(9-12)20-3/h6-9H,4-5,10-11H2,1-3H3,(H,16,18). The van der Waals surface area contributed by atoms with E-state index in [2.05, 4.69) is 5.32 Å². The van der Waals surface area contributed by atoms with Crippen molar-refractivity contribution in [1.29, 1.82) is 0 Å². The van der Waals surface area contributed by atoms with Crippen LogP contribution >= 0.6 is 0 Å². The Hall–Kier alpha value is -2.08. The van der Waals surface area contributed by atoms with Gasteiger partial charge in [0.05, 0.1) is 13.7 Å². The van der Waals surface area contributed by atoms with Gasteiger partial charge in [0.1, 0.15) is 12.4 Å². The van der Waals surface area contributed by atoms with Crippen molar-refractivity contribution in [3.8, 4) is 5.75 Å². The van der Waals surface area contributed by atoms with Gasteiger partial charge < -0.3 is 19.7 Å². The Morgan fingerprint density at radius 2 is 2.05 bits per heavy atom. The van der Waals surface area contributed by atoms with Gasteiger partial charge in [-0.05, 0) is 26.0 Å². The van der Waals surface area contributed by atoms with Crippen LogP contribution in [0.15, 0.2) is 24.3 Å². The molecule has 0 saturated heterocycles. The van der Waals surface area contributed by atoms with E-state index >= 15 is 0 Å². The zero-order chi connectivity index (χ0) is 15.7. The Balaban J connectivity index is 2.56. The highest BCUT2D eigenvalue weighted by Gasteiger charge is 2.15. The van der Waals surface area contributed by atoms with Gasteiger partial charge >= 0.3 is 0 Å². The molecule has 0 radical (unpaired) electrons. The maximum Gasteiger partial charge on any atom is 0.249 e. The first-order valence-corrected chi connectivity index (χ1v) is 6.90. The zero-order valence-electron chi connectivity index (χ0n) is 12.7. The molecule has 6 heteroatoms. The second-order valence-corrected chi connectivity index (χ2v) is 4.33. The van der Waals surface area contributed by atoms with Gasteiger partial charge in [-0.15, -0.1) is 0 Å². The number of rotatable bonds is 8. The van der Waals surface area contributed by atoms with Gasteiger partial charge in [0, 0.05) is 24.9 Å². The van der Waals surface area contributed by atoms with E-state index in [1.165, 1.54) is 4.90 Å². The van der Waals surface area contributed by atoms with Crippen LogP contribution in [0, 0.1) is 0 Å². The SMILES string of the molecule is CCOCC(=O)N(CC)CC(=O)Nc1cccc(OC)c1. The Kier molecular flexibility index (Phi) is 7.25. The van der Waals surface area contributed by atoms with E-state index in [1.54, 1.807) is 31.4 Å². The molecule has 1 rings (SSSR count). The molecule has 1 aromatic carbocycles. The fourth-order valence-electron chi connectivity index (χ4n) is 1.73. The summed E-state index contributed by atoms with van der Waals surface area (Å²) in [7, 11) is 1.56. The van der Waals surface area contributed by atoms with Gasteiger partial charge in [-0.3, -0.25) is 9.59 Å². The normalized spacial score (nSPS) is 10.0. The Bertz CT molecular complexity index is 476. The van der Waals surface area contributed by atoms with Crippen LogP contribution in [0.4, 0.5) is 5.69 Å². The van der Waals surface area contributed by atoms with Crippen LogP contribution in [-0.4, -0.2) is 50.1 Å². The Morgan fingerprint density at radius 3 is 2.67 bits per heavy atom. The monoisotopic (exact) mass is 294 g/mol. The first-order valence-electron chi connectivity index (χ1n) is 6.90. The zero-order valence-corrected chi connectivity index (χ0v) is 12.7. The molecular formula is C15H22N2O4. The van der Waals surface area contributed by atoms with E-state index in [0.717, 1.165) is 0 Å². The minimum Gasteiger partial charge on any atom is -0.497 e. The Morgan fingerprint density at radius 1 is 1.29 bits per heavy atom. The summed E-state index contributed by atoms with van der Waals surface area (Å²) in [6.45, 7) is 4.56. The predicted octanol–water partition coefficient (Wildman–Crippen LogP) is 1.52. The molecule has 6 nitrogen and oxygen atoms in total. The molecular weight excluding hydrogens is 272 g/mol. The lowest BCUT2D eigenvalue weighted by Gasteiger charge is -2.20.